The largest absolute Gasteiger partial charge is 0.394 e. The van der Waals surface area contributed by atoms with Crippen molar-refractivity contribution in [2.45, 2.75) is 51.7 Å². The SMILES string of the molecule is CC(C)(C)C[C@@H](F)[C@@H](O)[C@H](O)[C@H](O)CO. The monoisotopic (exact) mass is 224 g/mol. The Labute approximate surface area is 89.4 Å². The highest BCUT2D eigenvalue weighted by Crippen LogP contribution is 2.25. The van der Waals surface area contributed by atoms with Crippen molar-refractivity contribution >= 4 is 0 Å². The van der Waals surface area contributed by atoms with Crippen molar-refractivity contribution in [3.05, 3.63) is 0 Å². The smallest absolute Gasteiger partial charge is 0.129 e. The Morgan fingerprint density at radius 2 is 1.53 bits per heavy atom. The lowest BCUT2D eigenvalue weighted by atomic mass is 9.86. The van der Waals surface area contributed by atoms with Gasteiger partial charge in [0, 0.05) is 0 Å². The molecule has 0 spiro atoms. The van der Waals surface area contributed by atoms with Crippen molar-refractivity contribution in [2.24, 2.45) is 5.41 Å². The Bertz CT molecular complexity index is 181. The minimum atomic E-state index is -1.67. The first kappa shape index (κ1) is 14.8. The fourth-order valence-electron chi connectivity index (χ4n) is 1.26. The molecule has 0 bridgehead atoms. The molecule has 92 valence electrons. The molecule has 0 amide bonds. The molecule has 0 aromatic carbocycles. The molecule has 4 atom stereocenters. The topological polar surface area (TPSA) is 80.9 Å². The second-order valence-corrected chi connectivity index (χ2v) is 5.01. The fraction of sp³-hybridized carbons (Fsp3) is 1.00. The summed E-state index contributed by atoms with van der Waals surface area (Å²) in [6, 6.07) is 0. The van der Waals surface area contributed by atoms with Crippen molar-refractivity contribution < 1.29 is 24.8 Å². The second kappa shape index (κ2) is 5.75. The summed E-state index contributed by atoms with van der Waals surface area (Å²) in [5.41, 5.74) is -0.315. The molecule has 15 heavy (non-hydrogen) atoms. The van der Waals surface area contributed by atoms with Gasteiger partial charge in [0.25, 0.3) is 0 Å². The first-order valence-corrected chi connectivity index (χ1v) is 4.98. The molecule has 0 rings (SSSR count). The van der Waals surface area contributed by atoms with E-state index in [-0.39, 0.29) is 11.8 Å². The summed E-state index contributed by atoms with van der Waals surface area (Å²) in [5.74, 6) is 0. The lowest BCUT2D eigenvalue weighted by molar-refractivity contribution is -0.104. The van der Waals surface area contributed by atoms with Crippen LogP contribution in [0.3, 0.4) is 0 Å². The standard InChI is InChI=1S/C10H21FO4/c1-10(2,3)4-6(11)8(14)9(15)7(13)5-12/h6-9,12-15H,4-5H2,1-3H3/t6-,7-,8-,9-/m1/s1. The third-order valence-electron chi connectivity index (χ3n) is 2.11. The summed E-state index contributed by atoms with van der Waals surface area (Å²) in [5, 5.41) is 36.2. The first-order chi connectivity index (χ1) is 6.69. The molecule has 4 nitrogen and oxygen atoms in total. The molecule has 0 aliphatic heterocycles. The van der Waals surface area contributed by atoms with E-state index in [1.54, 1.807) is 20.8 Å². The molecule has 0 saturated carbocycles. The van der Waals surface area contributed by atoms with Crippen LogP contribution < -0.4 is 0 Å². The van der Waals surface area contributed by atoms with Gasteiger partial charge in [-0.2, -0.15) is 0 Å². The van der Waals surface area contributed by atoms with Crippen molar-refractivity contribution in [1.29, 1.82) is 0 Å². The molecule has 0 aromatic heterocycles. The van der Waals surface area contributed by atoms with E-state index in [1.807, 2.05) is 0 Å². The zero-order chi connectivity index (χ0) is 12.2. The van der Waals surface area contributed by atoms with Crippen LogP contribution in [-0.2, 0) is 0 Å². The van der Waals surface area contributed by atoms with Crippen LogP contribution in [0.2, 0.25) is 0 Å². The van der Waals surface area contributed by atoms with Gasteiger partial charge in [0.1, 0.15) is 24.5 Å². The van der Waals surface area contributed by atoms with Crippen LogP contribution in [0.1, 0.15) is 27.2 Å². The number of hydrogen-bond donors (Lipinski definition) is 4. The maximum absolute atomic E-state index is 13.4. The lowest BCUT2D eigenvalue weighted by Gasteiger charge is -2.28. The lowest BCUT2D eigenvalue weighted by Crippen LogP contribution is -2.45. The van der Waals surface area contributed by atoms with Crippen LogP contribution in [0.5, 0.6) is 0 Å². The minimum absolute atomic E-state index is 0.0728. The van der Waals surface area contributed by atoms with E-state index in [2.05, 4.69) is 0 Å². The van der Waals surface area contributed by atoms with Gasteiger partial charge in [0.05, 0.1) is 6.61 Å². The Morgan fingerprint density at radius 3 is 1.87 bits per heavy atom. The number of hydrogen-bond acceptors (Lipinski definition) is 4. The van der Waals surface area contributed by atoms with Gasteiger partial charge in [-0.3, -0.25) is 0 Å². The maximum atomic E-state index is 13.4. The quantitative estimate of drug-likeness (QED) is 0.523. The molecule has 5 heteroatoms. The molecule has 0 saturated heterocycles. The van der Waals surface area contributed by atoms with Gasteiger partial charge in [-0.1, -0.05) is 20.8 Å². The Morgan fingerprint density at radius 1 is 1.07 bits per heavy atom. The van der Waals surface area contributed by atoms with Gasteiger partial charge in [-0.15, -0.1) is 0 Å². The zero-order valence-electron chi connectivity index (χ0n) is 9.39. The molecule has 0 fully saturated rings. The van der Waals surface area contributed by atoms with E-state index in [1.165, 1.54) is 0 Å². The molecule has 0 radical (unpaired) electrons. The van der Waals surface area contributed by atoms with Crippen molar-refractivity contribution in [1.82, 2.24) is 0 Å². The molecule has 0 unspecified atom stereocenters. The second-order valence-electron chi connectivity index (χ2n) is 5.01. The van der Waals surface area contributed by atoms with Crippen LogP contribution in [0.25, 0.3) is 0 Å². The average molecular weight is 224 g/mol. The van der Waals surface area contributed by atoms with Crippen molar-refractivity contribution in [2.75, 3.05) is 6.61 Å². The molecule has 0 aliphatic carbocycles. The molecule has 0 heterocycles. The van der Waals surface area contributed by atoms with E-state index in [0.29, 0.717) is 0 Å². The minimum Gasteiger partial charge on any atom is -0.394 e. The van der Waals surface area contributed by atoms with Crippen LogP contribution in [0, 0.1) is 5.41 Å². The Hall–Kier alpha value is -0.230. The summed E-state index contributed by atoms with van der Waals surface area (Å²) in [6.07, 6.45) is -6.40. The van der Waals surface area contributed by atoms with Gasteiger partial charge in [-0.05, 0) is 11.8 Å². The highest BCUT2D eigenvalue weighted by Gasteiger charge is 2.33. The van der Waals surface area contributed by atoms with Gasteiger partial charge in [-0.25, -0.2) is 4.39 Å². The average Bonchev–Trinajstić information content (AvgIpc) is 2.11. The number of aliphatic hydroxyl groups excluding tert-OH is 4. The van der Waals surface area contributed by atoms with Gasteiger partial charge in [0.15, 0.2) is 0 Å². The Balaban J connectivity index is 4.25. The summed E-state index contributed by atoms with van der Waals surface area (Å²) in [4.78, 5) is 0. The van der Waals surface area contributed by atoms with E-state index >= 15 is 0 Å². The first-order valence-electron chi connectivity index (χ1n) is 4.98. The fourth-order valence-corrected chi connectivity index (χ4v) is 1.26. The number of aliphatic hydroxyl groups is 4. The molecular weight excluding hydrogens is 203 g/mol. The van der Waals surface area contributed by atoms with Gasteiger partial charge in [0.2, 0.25) is 0 Å². The highest BCUT2D eigenvalue weighted by atomic mass is 19.1. The normalized spacial score (nSPS) is 20.8. The van der Waals surface area contributed by atoms with E-state index in [4.69, 9.17) is 10.2 Å². The van der Waals surface area contributed by atoms with Crippen LogP contribution in [0.15, 0.2) is 0 Å². The maximum Gasteiger partial charge on any atom is 0.129 e. The van der Waals surface area contributed by atoms with Crippen LogP contribution >= 0.6 is 0 Å². The molecular formula is C10H21FO4. The Kier molecular flexibility index (Phi) is 5.66. The number of alkyl halides is 1. The number of rotatable bonds is 5. The summed E-state index contributed by atoms with van der Waals surface area (Å²) in [7, 11) is 0. The van der Waals surface area contributed by atoms with Crippen LogP contribution in [0.4, 0.5) is 4.39 Å². The van der Waals surface area contributed by atoms with E-state index in [9.17, 15) is 14.6 Å². The van der Waals surface area contributed by atoms with E-state index < -0.39 is 31.1 Å². The summed E-state index contributed by atoms with van der Waals surface area (Å²) < 4.78 is 13.4. The highest BCUT2D eigenvalue weighted by molar-refractivity contribution is 4.83. The van der Waals surface area contributed by atoms with E-state index in [0.717, 1.165) is 0 Å². The van der Waals surface area contributed by atoms with Crippen molar-refractivity contribution in [3.8, 4) is 0 Å². The van der Waals surface area contributed by atoms with Crippen LogP contribution in [-0.4, -0.2) is 51.5 Å². The van der Waals surface area contributed by atoms with Gasteiger partial charge >= 0.3 is 0 Å². The molecule has 0 aliphatic rings. The summed E-state index contributed by atoms with van der Waals surface area (Å²) >= 11 is 0. The number of halogens is 1. The zero-order valence-corrected chi connectivity index (χ0v) is 9.39. The van der Waals surface area contributed by atoms with Crippen molar-refractivity contribution in [3.63, 3.8) is 0 Å². The summed E-state index contributed by atoms with van der Waals surface area (Å²) in [6.45, 7) is 4.71. The molecule has 0 aromatic rings. The third-order valence-corrected chi connectivity index (χ3v) is 2.11. The van der Waals surface area contributed by atoms with Gasteiger partial charge < -0.3 is 20.4 Å². The third kappa shape index (κ3) is 5.41. The predicted octanol–water partition coefficient (Wildman–Crippen LogP) is -0.164. The predicted molar refractivity (Wildman–Crippen MR) is 54.1 cm³/mol. The molecule has 4 N–H and O–H groups in total.